The summed E-state index contributed by atoms with van der Waals surface area (Å²) in [7, 11) is 3.63. The Labute approximate surface area is 110 Å². The van der Waals surface area contributed by atoms with Crippen LogP contribution in [0.5, 0.6) is 0 Å². The molecule has 0 aromatic carbocycles. The van der Waals surface area contributed by atoms with Crippen molar-refractivity contribution in [2.24, 2.45) is 12.5 Å². The minimum Gasteiger partial charge on any atom is -0.385 e. The Kier molecular flexibility index (Phi) is 5.39. The first-order valence-corrected chi connectivity index (χ1v) is 6.23. The maximum atomic E-state index is 8.88. The van der Waals surface area contributed by atoms with Crippen molar-refractivity contribution >= 4 is 0 Å². The third-order valence-corrected chi connectivity index (χ3v) is 3.09. The van der Waals surface area contributed by atoms with Crippen LogP contribution in [0.25, 0.3) is 0 Å². The van der Waals surface area contributed by atoms with Gasteiger partial charge in [-0.15, -0.1) is 0 Å². The van der Waals surface area contributed by atoms with Crippen LogP contribution in [-0.2, 0) is 18.3 Å². The number of aryl methyl sites for hydroxylation is 1. The maximum Gasteiger partial charge on any atom is 0.120 e. The Hall–Kier alpha value is -1.31. The monoisotopic (exact) mass is 249 g/mol. The quantitative estimate of drug-likeness (QED) is 0.804. The lowest BCUT2D eigenvalue weighted by Crippen LogP contribution is -2.30. The van der Waals surface area contributed by atoms with E-state index >= 15 is 0 Å². The second-order valence-electron chi connectivity index (χ2n) is 5.47. The van der Waals surface area contributed by atoms with Crippen molar-refractivity contribution in [2.45, 2.75) is 26.8 Å². The number of nitrogens with one attached hydrogen (secondary N) is 1. The zero-order valence-corrected chi connectivity index (χ0v) is 11.8. The van der Waals surface area contributed by atoms with E-state index in [1.807, 2.05) is 23.9 Å². The van der Waals surface area contributed by atoms with Gasteiger partial charge in [0.15, 0.2) is 0 Å². The molecule has 1 aromatic heterocycles. The van der Waals surface area contributed by atoms with Crippen molar-refractivity contribution in [3.63, 3.8) is 0 Å². The number of ether oxygens (including phenoxy) is 1. The fraction of sp³-hybridized carbons (Fsp3) is 0.643. The zero-order valence-electron chi connectivity index (χ0n) is 11.8. The number of rotatable bonds is 7. The van der Waals surface area contributed by atoms with Crippen molar-refractivity contribution in [1.29, 1.82) is 5.26 Å². The molecule has 0 atom stereocenters. The van der Waals surface area contributed by atoms with Crippen LogP contribution in [0.15, 0.2) is 12.3 Å². The lowest BCUT2D eigenvalue weighted by atomic mass is 9.90. The van der Waals surface area contributed by atoms with E-state index in [-0.39, 0.29) is 5.41 Å². The Bertz CT molecular complexity index is 415. The van der Waals surface area contributed by atoms with Crippen molar-refractivity contribution in [1.82, 2.24) is 9.88 Å². The molecule has 1 aromatic rings. The van der Waals surface area contributed by atoms with Crippen molar-refractivity contribution in [3.05, 3.63) is 23.5 Å². The summed E-state index contributed by atoms with van der Waals surface area (Å²) in [5, 5.41) is 12.3. The molecule has 0 spiro atoms. The SMILES string of the molecule is COCCC(C)(C)CNCc1cc(C#N)n(C)c1. The smallest absolute Gasteiger partial charge is 0.120 e. The fourth-order valence-electron chi connectivity index (χ4n) is 1.85. The van der Waals surface area contributed by atoms with Gasteiger partial charge in [-0.2, -0.15) is 5.26 Å². The van der Waals surface area contributed by atoms with Gasteiger partial charge in [0.2, 0.25) is 0 Å². The summed E-state index contributed by atoms with van der Waals surface area (Å²) in [5.74, 6) is 0. The third kappa shape index (κ3) is 4.52. The molecule has 0 saturated carbocycles. The van der Waals surface area contributed by atoms with Gasteiger partial charge >= 0.3 is 0 Å². The average Bonchev–Trinajstić information content (AvgIpc) is 2.67. The molecular formula is C14H23N3O. The average molecular weight is 249 g/mol. The van der Waals surface area contributed by atoms with Crippen LogP contribution >= 0.6 is 0 Å². The Morgan fingerprint density at radius 3 is 2.78 bits per heavy atom. The number of methoxy groups -OCH3 is 1. The van der Waals surface area contributed by atoms with Crippen molar-refractivity contribution < 1.29 is 4.74 Å². The first kappa shape index (κ1) is 14.7. The summed E-state index contributed by atoms with van der Waals surface area (Å²) in [6.07, 6.45) is 3.03. The number of hydrogen-bond donors (Lipinski definition) is 1. The lowest BCUT2D eigenvalue weighted by molar-refractivity contribution is 0.150. The van der Waals surface area contributed by atoms with Crippen LogP contribution in [0, 0.1) is 16.7 Å². The lowest BCUT2D eigenvalue weighted by Gasteiger charge is -2.24. The first-order valence-electron chi connectivity index (χ1n) is 6.23. The summed E-state index contributed by atoms with van der Waals surface area (Å²) in [4.78, 5) is 0. The summed E-state index contributed by atoms with van der Waals surface area (Å²) in [6.45, 7) is 6.98. The van der Waals surface area contributed by atoms with E-state index < -0.39 is 0 Å². The zero-order chi connectivity index (χ0) is 13.6. The molecule has 1 rings (SSSR count). The van der Waals surface area contributed by atoms with E-state index in [4.69, 9.17) is 10.00 Å². The Morgan fingerprint density at radius 2 is 2.22 bits per heavy atom. The van der Waals surface area contributed by atoms with Gasteiger partial charge in [-0.3, -0.25) is 0 Å². The predicted octanol–water partition coefficient (Wildman–Crippen LogP) is 2.05. The predicted molar refractivity (Wildman–Crippen MR) is 72.1 cm³/mol. The molecule has 0 aliphatic rings. The second-order valence-corrected chi connectivity index (χ2v) is 5.47. The largest absolute Gasteiger partial charge is 0.385 e. The third-order valence-electron chi connectivity index (χ3n) is 3.09. The highest BCUT2D eigenvalue weighted by molar-refractivity contribution is 5.28. The van der Waals surface area contributed by atoms with Gasteiger partial charge in [-0.25, -0.2) is 0 Å². The van der Waals surface area contributed by atoms with Gasteiger partial charge in [0.05, 0.1) is 0 Å². The maximum absolute atomic E-state index is 8.88. The Balaban J connectivity index is 2.39. The molecule has 4 heteroatoms. The molecule has 0 bridgehead atoms. The highest BCUT2D eigenvalue weighted by Crippen LogP contribution is 2.19. The van der Waals surface area contributed by atoms with E-state index in [0.29, 0.717) is 5.69 Å². The van der Waals surface area contributed by atoms with Gasteiger partial charge in [0, 0.05) is 40.1 Å². The molecule has 0 aliphatic heterocycles. The minimum absolute atomic E-state index is 0.225. The number of hydrogen-bond acceptors (Lipinski definition) is 3. The van der Waals surface area contributed by atoms with Crippen LogP contribution in [0.2, 0.25) is 0 Å². The van der Waals surface area contributed by atoms with Gasteiger partial charge in [-0.05, 0) is 23.5 Å². The van der Waals surface area contributed by atoms with Crippen LogP contribution in [0.3, 0.4) is 0 Å². The van der Waals surface area contributed by atoms with Gasteiger partial charge in [0.1, 0.15) is 11.8 Å². The molecule has 1 heterocycles. The molecule has 0 fully saturated rings. The second kappa shape index (κ2) is 6.58. The fourth-order valence-corrected chi connectivity index (χ4v) is 1.85. The standard InChI is InChI=1S/C14H23N3O/c1-14(2,5-6-18-4)11-16-9-12-7-13(8-15)17(3)10-12/h7,10,16H,5-6,9,11H2,1-4H3. The van der Waals surface area contributed by atoms with Gasteiger partial charge < -0.3 is 14.6 Å². The van der Waals surface area contributed by atoms with E-state index in [1.165, 1.54) is 0 Å². The summed E-state index contributed by atoms with van der Waals surface area (Å²) >= 11 is 0. The van der Waals surface area contributed by atoms with Crippen molar-refractivity contribution in [3.8, 4) is 6.07 Å². The Morgan fingerprint density at radius 1 is 1.50 bits per heavy atom. The van der Waals surface area contributed by atoms with Crippen LogP contribution in [0.1, 0.15) is 31.5 Å². The molecule has 0 saturated heterocycles. The van der Waals surface area contributed by atoms with Crippen LogP contribution < -0.4 is 5.32 Å². The molecule has 0 aliphatic carbocycles. The van der Waals surface area contributed by atoms with Crippen LogP contribution in [0.4, 0.5) is 0 Å². The molecule has 0 unspecified atom stereocenters. The minimum atomic E-state index is 0.225. The van der Waals surface area contributed by atoms with Gasteiger partial charge in [0.25, 0.3) is 0 Å². The van der Waals surface area contributed by atoms with E-state index in [1.54, 1.807) is 7.11 Å². The molecule has 0 amide bonds. The normalized spacial score (nSPS) is 11.5. The molecule has 1 N–H and O–H groups in total. The first-order chi connectivity index (χ1) is 8.48. The highest BCUT2D eigenvalue weighted by atomic mass is 16.5. The molecular weight excluding hydrogens is 226 g/mol. The summed E-state index contributed by atoms with van der Waals surface area (Å²) < 4.78 is 6.96. The summed E-state index contributed by atoms with van der Waals surface area (Å²) in [5.41, 5.74) is 2.07. The number of nitriles is 1. The van der Waals surface area contributed by atoms with E-state index in [9.17, 15) is 0 Å². The molecule has 4 nitrogen and oxygen atoms in total. The molecule has 18 heavy (non-hydrogen) atoms. The van der Waals surface area contributed by atoms with E-state index in [0.717, 1.165) is 31.7 Å². The van der Waals surface area contributed by atoms with E-state index in [2.05, 4.69) is 25.2 Å². The summed E-state index contributed by atoms with van der Waals surface area (Å²) in [6, 6.07) is 4.09. The number of nitrogens with zero attached hydrogens (tertiary/aromatic N) is 2. The highest BCUT2D eigenvalue weighted by Gasteiger charge is 2.16. The molecule has 0 radical (unpaired) electrons. The van der Waals surface area contributed by atoms with Crippen molar-refractivity contribution in [2.75, 3.05) is 20.3 Å². The van der Waals surface area contributed by atoms with Gasteiger partial charge in [-0.1, -0.05) is 13.8 Å². The topological polar surface area (TPSA) is 50.0 Å². The number of aromatic nitrogens is 1. The molecule has 100 valence electrons. The van der Waals surface area contributed by atoms with Crippen LogP contribution in [-0.4, -0.2) is 24.8 Å².